The Hall–Kier alpha value is -1.87. The van der Waals surface area contributed by atoms with Crippen LogP contribution in [0, 0.1) is 18.3 Å². The van der Waals surface area contributed by atoms with Crippen molar-refractivity contribution in [2.24, 2.45) is 0 Å². The van der Waals surface area contributed by atoms with Crippen LogP contribution in [0.4, 0.5) is 11.8 Å². The number of methoxy groups -OCH3 is 1. The molecule has 1 N–H and O–H groups in total. The van der Waals surface area contributed by atoms with Gasteiger partial charge in [0.2, 0.25) is 5.95 Å². The second-order valence-electron chi connectivity index (χ2n) is 4.51. The predicted octanol–water partition coefficient (Wildman–Crippen LogP) is 1.97. The fourth-order valence-electron chi connectivity index (χ4n) is 1.79. The third-order valence-corrected chi connectivity index (χ3v) is 2.84. The number of hydrogen-bond donors (Lipinski definition) is 1. The van der Waals surface area contributed by atoms with Gasteiger partial charge in [-0.2, -0.15) is 10.2 Å². The summed E-state index contributed by atoms with van der Waals surface area (Å²) < 4.78 is 5.13. The Morgan fingerprint density at radius 3 is 2.90 bits per heavy atom. The summed E-state index contributed by atoms with van der Waals surface area (Å²) in [7, 11) is 1.67. The van der Waals surface area contributed by atoms with E-state index in [2.05, 4.69) is 33.2 Å². The van der Waals surface area contributed by atoms with E-state index in [1.165, 1.54) is 0 Å². The summed E-state index contributed by atoms with van der Waals surface area (Å²) in [4.78, 5) is 10.9. The number of aromatic nitrogens is 2. The summed E-state index contributed by atoms with van der Waals surface area (Å²) in [5, 5.41) is 12.0. The molecule has 0 aliphatic carbocycles. The topological polar surface area (TPSA) is 74.1 Å². The van der Waals surface area contributed by atoms with Gasteiger partial charge < -0.3 is 15.0 Å². The van der Waals surface area contributed by atoms with E-state index in [1.807, 2.05) is 13.1 Å². The lowest BCUT2D eigenvalue weighted by molar-refractivity contribution is 0.205. The zero-order valence-electron chi connectivity index (χ0n) is 12.5. The zero-order chi connectivity index (χ0) is 14.8. The van der Waals surface area contributed by atoms with Gasteiger partial charge in [-0.3, -0.25) is 0 Å². The first-order chi connectivity index (χ1) is 9.72. The molecule has 0 fully saturated rings. The molecule has 1 aromatic heterocycles. The first-order valence-electron chi connectivity index (χ1n) is 6.91. The van der Waals surface area contributed by atoms with Crippen molar-refractivity contribution < 1.29 is 4.74 Å². The third kappa shape index (κ3) is 5.02. The summed E-state index contributed by atoms with van der Waals surface area (Å²) in [6.07, 6.45) is 3.30. The van der Waals surface area contributed by atoms with E-state index in [1.54, 1.807) is 7.11 Å². The Morgan fingerprint density at radius 1 is 1.45 bits per heavy atom. The van der Waals surface area contributed by atoms with Gasteiger partial charge in [-0.15, -0.1) is 0 Å². The van der Waals surface area contributed by atoms with Crippen LogP contribution < -0.4 is 10.2 Å². The van der Waals surface area contributed by atoms with Gasteiger partial charge in [0, 0.05) is 38.5 Å². The summed E-state index contributed by atoms with van der Waals surface area (Å²) in [5.41, 5.74) is 1.00. The molecule has 6 heteroatoms. The third-order valence-electron chi connectivity index (χ3n) is 2.84. The van der Waals surface area contributed by atoms with Crippen molar-refractivity contribution in [3.05, 3.63) is 11.8 Å². The molecule has 0 aliphatic heterocycles. The van der Waals surface area contributed by atoms with Crippen molar-refractivity contribution in [2.45, 2.75) is 26.7 Å². The minimum absolute atomic E-state index is 0.463. The highest BCUT2D eigenvalue weighted by Gasteiger charge is 2.12. The fraction of sp³-hybridized carbons (Fsp3) is 0.643. The highest BCUT2D eigenvalue weighted by atomic mass is 16.5. The number of nitrogens with zero attached hydrogens (tertiary/aromatic N) is 4. The summed E-state index contributed by atoms with van der Waals surface area (Å²) in [6, 6.07) is 2.17. The van der Waals surface area contributed by atoms with Gasteiger partial charge in [0.05, 0.1) is 19.1 Å². The van der Waals surface area contributed by atoms with Crippen LogP contribution in [-0.4, -0.2) is 43.3 Å². The van der Waals surface area contributed by atoms with E-state index in [0.29, 0.717) is 32.1 Å². The lowest BCUT2D eigenvalue weighted by Gasteiger charge is -2.24. The molecule has 1 aromatic rings. The Kier molecular flexibility index (Phi) is 7.36. The minimum atomic E-state index is 0.463. The Morgan fingerprint density at radius 2 is 2.25 bits per heavy atom. The van der Waals surface area contributed by atoms with E-state index >= 15 is 0 Å². The van der Waals surface area contributed by atoms with Gasteiger partial charge in [0.25, 0.3) is 0 Å². The molecule has 110 valence electrons. The maximum absolute atomic E-state index is 8.77. The molecule has 0 unspecified atom stereocenters. The molecule has 0 aromatic carbocycles. The molecule has 1 heterocycles. The fourth-order valence-corrected chi connectivity index (χ4v) is 1.79. The van der Waals surface area contributed by atoms with Crippen molar-refractivity contribution in [1.29, 1.82) is 5.26 Å². The van der Waals surface area contributed by atoms with Crippen molar-refractivity contribution in [2.75, 3.05) is 43.6 Å². The van der Waals surface area contributed by atoms with Crippen LogP contribution >= 0.6 is 0 Å². The largest absolute Gasteiger partial charge is 0.383 e. The monoisotopic (exact) mass is 277 g/mol. The summed E-state index contributed by atoms with van der Waals surface area (Å²) in [6.45, 7) is 6.88. The molecule has 0 spiro atoms. The Labute approximate surface area is 120 Å². The molecule has 0 radical (unpaired) electrons. The number of hydrogen-bond acceptors (Lipinski definition) is 6. The van der Waals surface area contributed by atoms with E-state index < -0.39 is 0 Å². The number of ether oxygens (including phenoxy) is 1. The molecule has 20 heavy (non-hydrogen) atoms. The van der Waals surface area contributed by atoms with Crippen LogP contribution in [0.25, 0.3) is 0 Å². The second-order valence-corrected chi connectivity index (χ2v) is 4.51. The van der Waals surface area contributed by atoms with Gasteiger partial charge in [-0.1, -0.05) is 6.92 Å². The van der Waals surface area contributed by atoms with Crippen LogP contribution in [-0.2, 0) is 4.74 Å². The predicted molar refractivity (Wildman–Crippen MR) is 79.9 cm³/mol. The molecule has 0 amide bonds. The second kappa shape index (κ2) is 9.10. The quantitative estimate of drug-likeness (QED) is 0.744. The molecule has 1 rings (SSSR count). The smallest absolute Gasteiger partial charge is 0.224 e. The van der Waals surface area contributed by atoms with Crippen LogP contribution in [0.1, 0.15) is 25.3 Å². The van der Waals surface area contributed by atoms with Gasteiger partial charge in [0.15, 0.2) is 0 Å². The molecule has 0 atom stereocenters. The maximum Gasteiger partial charge on any atom is 0.224 e. The van der Waals surface area contributed by atoms with Gasteiger partial charge in [-0.05, 0) is 13.3 Å². The van der Waals surface area contributed by atoms with E-state index in [9.17, 15) is 0 Å². The number of nitriles is 1. The molecular weight excluding hydrogens is 254 g/mol. The molecule has 6 nitrogen and oxygen atoms in total. The van der Waals surface area contributed by atoms with Crippen molar-refractivity contribution >= 4 is 11.8 Å². The SMILES string of the molecule is CCCNc1ncc(C)c(N(CCC#N)CCOC)n1. The average molecular weight is 277 g/mol. The van der Waals surface area contributed by atoms with Gasteiger partial charge in [0.1, 0.15) is 5.82 Å². The highest BCUT2D eigenvalue weighted by Crippen LogP contribution is 2.18. The van der Waals surface area contributed by atoms with Crippen molar-refractivity contribution in [3.8, 4) is 6.07 Å². The van der Waals surface area contributed by atoms with E-state index in [0.717, 1.165) is 24.3 Å². The number of nitrogens with one attached hydrogen (secondary N) is 1. The highest BCUT2D eigenvalue weighted by molar-refractivity contribution is 5.49. The van der Waals surface area contributed by atoms with Crippen LogP contribution in [0.15, 0.2) is 6.20 Å². The van der Waals surface area contributed by atoms with Gasteiger partial charge in [-0.25, -0.2) is 4.98 Å². The van der Waals surface area contributed by atoms with Crippen LogP contribution in [0.5, 0.6) is 0 Å². The standard InChI is InChI=1S/C14H23N5O/c1-4-7-16-14-17-11-12(2)13(18-14)19(8-5-6-15)9-10-20-3/h11H,4-5,7-10H2,1-3H3,(H,16,17,18). The average Bonchev–Trinajstić information content (AvgIpc) is 2.47. The Bertz CT molecular complexity index is 444. The van der Waals surface area contributed by atoms with Crippen molar-refractivity contribution in [1.82, 2.24) is 9.97 Å². The number of anilines is 2. The van der Waals surface area contributed by atoms with Crippen LogP contribution in [0.2, 0.25) is 0 Å². The normalized spacial score (nSPS) is 10.1. The minimum Gasteiger partial charge on any atom is -0.383 e. The Balaban J connectivity index is 2.88. The van der Waals surface area contributed by atoms with Gasteiger partial charge >= 0.3 is 0 Å². The maximum atomic E-state index is 8.77. The van der Waals surface area contributed by atoms with E-state index in [-0.39, 0.29) is 0 Å². The molecule has 0 bridgehead atoms. The summed E-state index contributed by atoms with van der Waals surface area (Å²) >= 11 is 0. The molecule has 0 aliphatic rings. The first kappa shape index (κ1) is 16.2. The number of rotatable bonds is 9. The van der Waals surface area contributed by atoms with E-state index in [4.69, 9.17) is 10.00 Å². The lowest BCUT2D eigenvalue weighted by Crippen LogP contribution is -2.30. The molecular formula is C14H23N5O. The molecule has 0 saturated heterocycles. The molecule has 0 saturated carbocycles. The van der Waals surface area contributed by atoms with Crippen LogP contribution in [0.3, 0.4) is 0 Å². The number of aryl methyl sites for hydroxylation is 1. The first-order valence-corrected chi connectivity index (χ1v) is 6.91. The zero-order valence-corrected chi connectivity index (χ0v) is 12.5. The lowest BCUT2D eigenvalue weighted by atomic mass is 10.3. The van der Waals surface area contributed by atoms with Crippen molar-refractivity contribution in [3.63, 3.8) is 0 Å². The summed E-state index contributed by atoms with van der Waals surface area (Å²) in [5.74, 6) is 1.50.